The van der Waals surface area contributed by atoms with E-state index in [1.54, 1.807) is 0 Å². The lowest BCUT2D eigenvalue weighted by atomic mass is 10.00. The molecule has 1 aromatic rings. The van der Waals surface area contributed by atoms with Crippen LogP contribution in [0.4, 0.5) is 5.82 Å². The predicted molar refractivity (Wildman–Crippen MR) is 82.9 cm³/mol. The maximum absolute atomic E-state index is 4.61. The van der Waals surface area contributed by atoms with Crippen LogP contribution in [0, 0.1) is 6.92 Å². The van der Waals surface area contributed by atoms with Gasteiger partial charge in [0.1, 0.15) is 11.6 Å². The molecule has 0 spiro atoms. The zero-order chi connectivity index (χ0) is 14.8. The van der Waals surface area contributed by atoms with Gasteiger partial charge in [0, 0.05) is 43.5 Å². The molecular formula is C15H27N5. The van der Waals surface area contributed by atoms with Crippen LogP contribution >= 0.6 is 0 Å². The van der Waals surface area contributed by atoms with Crippen LogP contribution in [0.15, 0.2) is 6.07 Å². The van der Waals surface area contributed by atoms with Gasteiger partial charge in [-0.3, -0.25) is 9.80 Å². The summed E-state index contributed by atoms with van der Waals surface area (Å²) in [7, 11) is 2.20. The summed E-state index contributed by atoms with van der Waals surface area (Å²) < 4.78 is 0. The minimum atomic E-state index is 0.215. The number of rotatable bonds is 4. The van der Waals surface area contributed by atoms with Crippen molar-refractivity contribution in [3.8, 4) is 0 Å². The number of aryl methyl sites for hydroxylation is 1. The van der Waals surface area contributed by atoms with Crippen LogP contribution in [-0.4, -0.2) is 58.5 Å². The van der Waals surface area contributed by atoms with E-state index >= 15 is 0 Å². The molecule has 0 amide bonds. The highest BCUT2D eigenvalue weighted by Gasteiger charge is 2.31. The van der Waals surface area contributed by atoms with Crippen LogP contribution in [0.5, 0.6) is 0 Å². The smallest absolute Gasteiger partial charge is 0.144 e. The van der Waals surface area contributed by atoms with E-state index in [1.165, 1.54) is 0 Å². The van der Waals surface area contributed by atoms with Gasteiger partial charge in [0.25, 0.3) is 0 Å². The molecular weight excluding hydrogens is 250 g/mol. The van der Waals surface area contributed by atoms with Gasteiger partial charge < -0.3 is 5.32 Å². The second kappa shape index (κ2) is 6.06. The Bertz CT molecular complexity index is 458. The maximum Gasteiger partial charge on any atom is 0.144 e. The van der Waals surface area contributed by atoms with Crippen molar-refractivity contribution in [2.24, 2.45) is 0 Å². The highest BCUT2D eigenvalue weighted by molar-refractivity contribution is 5.35. The van der Waals surface area contributed by atoms with Crippen molar-refractivity contribution >= 4 is 5.82 Å². The summed E-state index contributed by atoms with van der Waals surface area (Å²) in [6, 6.07) is 2.00. The third-order valence-corrected chi connectivity index (χ3v) is 4.02. The molecule has 1 aromatic heterocycles. The number of hydrogen-bond donors (Lipinski definition) is 1. The minimum Gasteiger partial charge on any atom is -0.370 e. The average Bonchev–Trinajstić information content (AvgIpc) is 2.33. The van der Waals surface area contributed by atoms with E-state index in [-0.39, 0.29) is 5.54 Å². The molecule has 2 heterocycles. The van der Waals surface area contributed by atoms with E-state index in [9.17, 15) is 0 Å². The van der Waals surface area contributed by atoms with Gasteiger partial charge in [-0.1, -0.05) is 0 Å². The fraction of sp³-hybridized carbons (Fsp3) is 0.733. The lowest BCUT2D eigenvalue weighted by Crippen LogP contribution is -2.57. The molecule has 112 valence electrons. The van der Waals surface area contributed by atoms with Crippen molar-refractivity contribution in [3.05, 3.63) is 17.6 Å². The molecule has 5 heteroatoms. The van der Waals surface area contributed by atoms with Gasteiger partial charge in [-0.25, -0.2) is 9.97 Å². The molecule has 1 aliphatic heterocycles. The molecule has 1 aliphatic rings. The quantitative estimate of drug-likeness (QED) is 0.908. The molecule has 1 saturated heterocycles. The fourth-order valence-electron chi connectivity index (χ4n) is 2.65. The molecule has 5 nitrogen and oxygen atoms in total. The van der Waals surface area contributed by atoms with E-state index in [0.717, 1.165) is 50.1 Å². The third-order valence-electron chi connectivity index (χ3n) is 4.02. The molecule has 0 saturated carbocycles. The van der Waals surface area contributed by atoms with Crippen LogP contribution in [0.25, 0.3) is 0 Å². The number of nitrogens with one attached hydrogen (secondary N) is 1. The first-order valence-corrected chi connectivity index (χ1v) is 7.43. The zero-order valence-corrected chi connectivity index (χ0v) is 13.4. The molecule has 20 heavy (non-hydrogen) atoms. The number of likely N-dealkylation sites (N-methyl/N-ethyl adjacent to an activating group) is 1. The van der Waals surface area contributed by atoms with Crippen molar-refractivity contribution in [1.82, 2.24) is 19.8 Å². The Labute approximate surface area is 122 Å². The number of anilines is 1. The molecule has 2 rings (SSSR count). The van der Waals surface area contributed by atoms with E-state index in [0.29, 0.717) is 0 Å². The van der Waals surface area contributed by atoms with Gasteiger partial charge in [0.2, 0.25) is 0 Å². The molecule has 0 aliphatic carbocycles. The Hall–Kier alpha value is -1.20. The lowest BCUT2D eigenvalue weighted by Gasteiger charge is -2.45. The van der Waals surface area contributed by atoms with Crippen molar-refractivity contribution < 1.29 is 0 Å². The lowest BCUT2D eigenvalue weighted by molar-refractivity contribution is 0.0347. The fourth-order valence-corrected chi connectivity index (χ4v) is 2.65. The first kappa shape index (κ1) is 15.2. The number of aromatic nitrogens is 2. The Morgan fingerprint density at radius 2 is 2.05 bits per heavy atom. The predicted octanol–water partition coefficient (Wildman–Crippen LogP) is 1.74. The van der Waals surface area contributed by atoms with E-state index < -0.39 is 0 Å². The second-order valence-electron chi connectivity index (χ2n) is 6.29. The van der Waals surface area contributed by atoms with Crippen molar-refractivity contribution in [3.63, 3.8) is 0 Å². The first-order chi connectivity index (χ1) is 9.40. The summed E-state index contributed by atoms with van der Waals surface area (Å²) in [5.74, 6) is 1.85. The Morgan fingerprint density at radius 3 is 2.70 bits per heavy atom. The largest absolute Gasteiger partial charge is 0.370 e. The Kier molecular flexibility index (Phi) is 4.60. The summed E-state index contributed by atoms with van der Waals surface area (Å²) >= 11 is 0. The molecule has 0 unspecified atom stereocenters. The maximum atomic E-state index is 4.61. The van der Waals surface area contributed by atoms with Gasteiger partial charge in [-0.05, 0) is 34.7 Å². The SMILES string of the molecule is CCNc1cc(C)nc(CN2CCN(C)C(C)(C)C2)n1. The highest BCUT2D eigenvalue weighted by Crippen LogP contribution is 2.20. The number of piperazine rings is 1. The summed E-state index contributed by atoms with van der Waals surface area (Å²) in [6.45, 7) is 13.6. The topological polar surface area (TPSA) is 44.3 Å². The molecule has 1 fully saturated rings. The Balaban J connectivity index is 2.06. The molecule has 0 atom stereocenters. The highest BCUT2D eigenvalue weighted by atomic mass is 15.3. The molecule has 0 radical (unpaired) electrons. The van der Waals surface area contributed by atoms with Gasteiger partial charge in [0.15, 0.2) is 0 Å². The van der Waals surface area contributed by atoms with Crippen LogP contribution in [0.1, 0.15) is 32.3 Å². The van der Waals surface area contributed by atoms with Crippen molar-refractivity contribution in [2.75, 3.05) is 38.5 Å². The van der Waals surface area contributed by atoms with Crippen molar-refractivity contribution in [2.45, 2.75) is 39.8 Å². The van der Waals surface area contributed by atoms with Gasteiger partial charge in [-0.2, -0.15) is 0 Å². The van der Waals surface area contributed by atoms with E-state index in [4.69, 9.17) is 0 Å². The first-order valence-electron chi connectivity index (χ1n) is 7.43. The van der Waals surface area contributed by atoms with Crippen LogP contribution in [0.3, 0.4) is 0 Å². The summed E-state index contributed by atoms with van der Waals surface area (Å²) in [5.41, 5.74) is 1.24. The molecule has 0 bridgehead atoms. The summed E-state index contributed by atoms with van der Waals surface area (Å²) in [5, 5.41) is 3.27. The summed E-state index contributed by atoms with van der Waals surface area (Å²) in [4.78, 5) is 14.0. The van der Waals surface area contributed by atoms with E-state index in [2.05, 4.69) is 52.9 Å². The van der Waals surface area contributed by atoms with E-state index in [1.807, 2.05) is 13.0 Å². The molecule has 1 N–H and O–H groups in total. The number of hydrogen-bond acceptors (Lipinski definition) is 5. The van der Waals surface area contributed by atoms with Gasteiger partial charge in [-0.15, -0.1) is 0 Å². The Morgan fingerprint density at radius 1 is 1.30 bits per heavy atom. The number of nitrogens with zero attached hydrogens (tertiary/aromatic N) is 4. The van der Waals surface area contributed by atoms with Crippen molar-refractivity contribution in [1.29, 1.82) is 0 Å². The van der Waals surface area contributed by atoms with Crippen LogP contribution in [0.2, 0.25) is 0 Å². The normalized spacial score (nSPS) is 20.1. The summed E-state index contributed by atoms with van der Waals surface area (Å²) in [6.07, 6.45) is 0. The third kappa shape index (κ3) is 3.67. The second-order valence-corrected chi connectivity index (χ2v) is 6.29. The standard InChI is InChI=1S/C15H27N5/c1-6-16-13-9-12(2)17-14(18-13)10-20-8-7-19(5)15(3,4)11-20/h9H,6-8,10-11H2,1-5H3,(H,16,17,18). The van der Waals surface area contributed by atoms with Gasteiger partial charge >= 0.3 is 0 Å². The van der Waals surface area contributed by atoms with Crippen LogP contribution in [-0.2, 0) is 6.54 Å². The molecule has 0 aromatic carbocycles. The average molecular weight is 277 g/mol. The zero-order valence-electron chi connectivity index (χ0n) is 13.4. The van der Waals surface area contributed by atoms with Gasteiger partial charge in [0.05, 0.1) is 6.54 Å². The minimum absolute atomic E-state index is 0.215. The monoisotopic (exact) mass is 277 g/mol. The van der Waals surface area contributed by atoms with Crippen LogP contribution < -0.4 is 5.32 Å².